The van der Waals surface area contributed by atoms with E-state index in [0.29, 0.717) is 19.6 Å². The zero-order valence-corrected chi connectivity index (χ0v) is 21.4. The van der Waals surface area contributed by atoms with Crippen LogP contribution in [0.2, 0.25) is 0 Å². The molecule has 1 fully saturated rings. The quantitative estimate of drug-likeness (QED) is 0.468. The molecule has 1 aromatic carbocycles. The lowest BCUT2D eigenvalue weighted by Gasteiger charge is -2.42. The first-order chi connectivity index (χ1) is 13.8. The molecule has 1 heterocycles. The van der Waals surface area contributed by atoms with Gasteiger partial charge >= 0.3 is 12.2 Å². The van der Waals surface area contributed by atoms with Gasteiger partial charge in [-0.05, 0) is 60.1 Å². The predicted octanol–water partition coefficient (Wildman–Crippen LogP) is 6.31. The van der Waals surface area contributed by atoms with Crippen molar-refractivity contribution in [2.45, 2.75) is 79.6 Å². The summed E-state index contributed by atoms with van der Waals surface area (Å²) < 4.78 is 12.0. The third-order valence-corrected chi connectivity index (χ3v) is 4.89. The second-order valence-electron chi connectivity index (χ2n) is 9.14. The van der Waals surface area contributed by atoms with Crippen LogP contribution in [-0.2, 0) is 9.47 Å². The zero-order chi connectivity index (χ0) is 23.3. The molecule has 0 bridgehead atoms. The maximum atomic E-state index is 12.9. The van der Waals surface area contributed by atoms with Gasteiger partial charge in [0.25, 0.3) is 0 Å². The number of hydrogen-bond acceptors (Lipinski definition) is 4. The third kappa shape index (κ3) is 7.82. The van der Waals surface area contributed by atoms with E-state index in [0.717, 1.165) is 15.6 Å². The normalized spacial score (nSPS) is 17.1. The smallest absolute Gasteiger partial charge is 0.410 e. The summed E-state index contributed by atoms with van der Waals surface area (Å²) in [7, 11) is 0. The van der Waals surface area contributed by atoms with Crippen molar-refractivity contribution in [3.63, 3.8) is 0 Å². The Kier molecular flexibility index (Phi) is 9.21. The first-order valence-corrected chi connectivity index (χ1v) is 11.3. The van der Waals surface area contributed by atoms with Crippen LogP contribution in [-0.4, -0.2) is 52.8 Å². The van der Waals surface area contributed by atoms with Crippen LogP contribution in [0.3, 0.4) is 0 Å². The Balaban J connectivity index is 0.00000218. The van der Waals surface area contributed by atoms with Crippen LogP contribution in [0.25, 0.3) is 0 Å². The Morgan fingerprint density at radius 1 is 0.967 bits per heavy atom. The Labute approximate surface area is 190 Å². The maximum Gasteiger partial charge on any atom is 0.410 e. The molecule has 2 amide bonds. The van der Waals surface area contributed by atoms with Gasteiger partial charge in [-0.15, -0.1) is 0 Å². The van der Waals surface area contributed by atoms with Crippen molar-refractivity contribution in [2.75, 3.05) is 19.6 Å². The molecule has 1 unspecified atom stereocenters. The van der Waals surface area contributed by atoms with Gasteiger partial charge in [-0.1, -0.05) is 47.5 Å². The topological polar surface area (TPSA) is 59.1 Å². The summed E-state index contributed by atoms with van der Waals surface area (Å²) in [5.41, 5.74) is 0.864. The SMILES string of the molecule is CC.Cc1ccc(Br)c(C2CN(C(=O)OC(C)(C)C)CCN2C(=O)OC(C)(C)C)c1. The highest BCUT2D eigenvalue weighted by molar-refractivity contribution is 9.10. The molecule has 0 radical (unpaired) electrons. The van der Waals surface area contributed by atoms with Crippen molar-refractivity contribution in [1.82, 2.24) is 9.80 Å². The fourth-order valence-corrected chi connectivity index (χ4v) is 3.51. The summed E-state index contributed by atoms with van der Waals surface area (Å²) in [6, 6.07) is 5.67. The number of rotatable bonds is 1. The first kappa shape index (κ1) is 26.3. The van der Waals surface area contributed by atoms with E-state index >= 15 is 0 Å². The number of aryl methyl sites for hydroxylation is 1. The second kappa shape index (κ2) is 10.5. The lowest BCUT2D eigenvalue weighted by molar-refractivity contribution is -0.0153. The van der Waals surface area contributed by atoms with E-state index < -0.39 is 11.2 Å². The summed E-state index contributed by atoms with van der Waals surface area (Å²) >= 11 is 3.60. The highest BCUT2D eigenvalue weighted by atomic mass is 79.9. The fraction of sp³-hybridized carbons (Fsp3) is 0.652. The van der Waals surface area contributed by atoms with Crippen molar-refractivity contribution in [1.29, 1.82) is 0 Å². The summed E-state index contributed by atoms with van der Waals surface area (Å²) in [5.74, 6) is 0. The largest absolute Gasteiger partial charge is 0.444 e. The molecule has 1 aliphatic heterocycles. The molecule has 0 spiro atoms. The van der Waals surface area contributed by atoms with Crippen LogP contribution in [0.5, 0.6) is 0 Å². The molecule has 6 nitrogen and oxygen atoms in total. The van der Waals surface area contributed by atoms with Crippen LogP contribution in [0.4, 0.5) is 9.59 Å². The van der Waals surface area contributed by atoms with Crippen molar-refractivity contribution >= 4 is 28.1 Å². The number of piperazine rings is 1. The predicted molar refractivity (Wildman–Crippen MR) is 124 cm³/mol. The van der Waals surface area contributed by atoms with Crippen LogP contribution in [0.1, 0.15) is 72.6 Å². The molecule has 0 aliphatic carbocycles. The van der Waals surface area contributed by atoms with E-state index in [-0.39, 0.29) is 18.2 Å². The van der Waals surface area contributed by atoms with Crippen molar-refractivity contribution in [3.05, 3.63) is 33.8 Å². The van der Waals surface area contributed by atoms with Gasteiger partial charge in [0.1, 0.15) is 11.2 Å². The average molecular weight is 485 g/mol. The van der Waals surface area contributed by atoms with E-state index in [2.05, 4.69) is 15.9 Å². The zero-order valence-electron chi connectivity index (χ0n) is 19.8. The number of nitrogens with zero attached hydrogens (tertiary/aromatic N) is 2. The number of amides is 2. The standard InChI is InChI=1S/C21H31BrN2O4.C2H6/c1-14-8-9-16(22)15(12-14)17-13-23(18(25)27-20(2,3)4)10-11-24(17)19(26)28-21(5,6)7;1-2/h8-9,12,17H,10-11,13H2,1-7H3;1-2H3. The maximum absolute atomic E-state index is 12.9. The van der Waals surface area contributed by atoms with E-state index in [1.807, 2.05) is 80.5 Å². The van der Waals surface area contributed by atoms with Gasteiger partial charge in [0.2, 0.25) is 0 Å². The number of ether oxygens (including phenoxy) is 2. The molecule has 2 rings (SSSR count). The molecule has 7 heteroatoms. The number of halogens is 1. The third-order valence-electron chi connectivity index (χ3n) is 4.17. The molecule has 0 saturated carbocycles. The summed E-state index contributed by atoms with van der Waals surface area (Å²) in [6.45, 7) is 18.2. The Morgan fingerprint density at radius 3 is 2.03 bits per heavy atom. The van der Waals surface area contributed by atoms with Gasteiger partial charge in [-0.25, -0.2) is 9.59 Å². The molecule has 0 aromatic heterocycles. The Hall–Kier alpha value is -1.76. The summed E-state index contributed by atoms with van der Waals surface area (Å²) in [6.07, 6.45) is -0.750. The van der Waals surface area contributed by atoms with E-state index in [9.17, 15) is 9.59 Å². The second-order valence-corrected chi connectivity index (χ2v) is 10.00. The lowest BCUT2D eigenvalue weighted by atomic mass is 10.0. The number of carbonyl (C=O) groups excluding carboxylic acids is 2. The van der Waals surface area contributed by atoms with Crippen LogP contribution >= 0.6 is 15.9 Å². The van der Waals surface area contributed by atoms with Crippen LogP contribution < -0.4 is 0 Å². The molecular weight excluding hydrogens is 448 g/mol. The van der Waals surface area contributed by atoms with Gasteiger partial charge < -0.3 is 14.4 Å². The molecule has 1 aromatic rings. The molecule has 170 valence electrons. The highest BCUT2D eigenvalue weighted by Gasteiger charge is 2.38. The van der Waals surface area contributed by atoms with Crippen LogP contribution in [0.15, 0.2) is 22.7 Å². The fourth-order valence-electron chi connectivity index (χ4n) is 3.00. The highest BCUT2D eigenvalue weighted by Crippen LogP contribution is 2.33. The van der Waals surface area contributed by atoms with Gasteiger partial charge in [0, 0.05) is 24.1 Å². The minimum atomic E-state index is -0.590. The average Bonchev–Trinajstić information content (AvgIpc) is 2.62. The number of carbonyl (C=O) groups is 2. The molecule has 1 aliphatic rings. The van der Waals surface area contributed by atoms with Crippen molar-refractivity contribution in [2.24, 2.45) is 0 Å². The van der Waals surface area contributed by atoms with Gasteiger partial charge in [0.05, 0.1) is 6.04 Å². The number of hydrogen-bond donors (Lipinski definition) is 0. The minimum Gasteiger partial charge on any atom is -0.444 e. The van der Waals surface area contributed by atoms with Crippen molar-refractivity contribution < 1.29 is 19.1 Å². The molecule has 30 heavy (non-hydrogen) atoms. The first-order valence-electron chi connectivity index (χ1n) is 10.5. The monoisotopic (exact) mass is 484 g/mol. The Morgan fingerprint density at radius 2 is 1.50 bits per heavy atom. The van der Waals surface area contributed by atoms with Gasteiger partial charge in [-0.3, -0.25) is 4.90 Å². The molecule has 0 N–H and O–H groups in total. The van der Waals surface area contributed by atoms with Gasteiger partial charge in [0.15, 0.2) is 0 Å². The molecular formula is C23H37BrN2O4. The summed E-state index contributed by atoms with van der Waals surface area (Å²) in [4.78, 5) is 28.8. The van der Waals surface area contributed by atoms with Gasteiger partial charge in [-0.2, -0.15) is 0 Å². The number of benzene rings is 1. The summed E-state index contributed by atoms with van der Waals surface area (Å²) in [5, 5.41) is 0. The van der Waals surface area contributed by atoms with E-state index in [1.165, 1.54) is 0 Å². The van der Waals surface area contributed by atoms with E-state index in [4.69, 9.17) is 9.47 Å². The molecule has 1 atom stereocenters. The minimum absolute atomic E-state index is 0.328. The molecule has 1 saturated heterocycles. The van der Waals surface area contributed by atoms with Crippen molar-refractivity contribution in [3.8, 4) is 0 Å². The van der Waals surface area contributed by atoms with Crippen LogP contribution in [0, 0.1) is 6.92 Å². The lowest BCUT2D eigenvalue weighted by Crippen LogP contribution is -2.54. The van der Waals surface area contributed by atoms with E-state index in [1.54, 1.807) is 9.80 Å². The Bertz CT molecular complexity index is 738.